The van der Waals surface area contributed by atoms with Crippen LogP contribution in [0, 0.1) is 5.41 Å². The van der Waals surface area contributed by atoms with E-state index in [4.69, 9.17) is 23.1 Å². The second-order valence-electron chi connectivity index (χ2n) is 4.04. The third-order valence-electron chi connectivity index (χ3n) is 2.09. The zero-order valence-electron chi connectivity index (χ0n) is 9.12. The van der Waals surface area contributed by atoms with Crippen LogP contribution in [-0.4, -0.2) is 22.4 Å². The Labute approximate surface area is 98.4 Å². The molecule has 1 heterocycles. The number of anilines is 2. The highest BCUT2D eigenvalue weighted by molar-refractivity contribution is 6.29. The molecule has 1 aromatic heterocycles. The van der Waals surface area contributed by atoms with Crippen LogP contribution in [0.1, 0.15) is 13.8 Å². The van der Waals surface area contributed by atoms with Crippen molar-refractivity contribution in [3.05, 3.63) is 11.2 Å². The molecule has 0 spiro atoms. The quantitative estimate of drug-likeness (QED) is 0.673. The molecular formula is C9H14ClN5O. The largest absolute Gasteiger partial charge is 0.369 e. The maximum absolute atomic E-state index is 11.1. The summed E-state index contributed by atoms with van der Waals surface area (Å²) in [5, 5.41) is 3.17. The van der Waals surface area contributed by atoms with Crippen LogP contribution in [0.3, 0.4) is 0 Å². The Morgan fingerprint density at radius 3 is 2.69 bits per heavy atom. The van der Waals surface area contributed by atoms with E-state index < -0.39 is 11.3 Å². The minimum absolute atomic E-state index is 0.0758. The average molecular weight is 244 g/mol. The van der Waals surface area contributed by atoms with E-state index in [1.807, 2.05) is 0 Å². The van der Waals surface area contributed by atoms with Gasteiger partial charge in [0.15, 0.2) is 0 Å². The summed E-state index contributed by atoms with van der Waals surface area (Å²) in [6, 6.07) is 1.52. The molecular weight excluding hydrogens is 230 g/mol. The van der Waals surface area contributed by atoms with Crippen LogP contribution in [0.5, 0.6) is 0 Å². The van der Waals surface area contributed by atoms with Gasteiger partial charge in [0.1, 0.15) is 11.0 Å². The predicted octanol–water partition coefficient (Wildman–Crippen LogP) is 0.636. The summed E-state index contributed by atoms with van der Waals surface area (Å²) in [5.74, 6) is 0.145. The topological polar surface area (TPSA) is 107 Å². The Bertz CT molecular complexity index is 387. The molecule has 88 valence electrons. The lowest BCUT2D eigenvalue weighted by atomic mass is 9.93. The van der Waals surface area contributed by atoms with E-state index in [9.17, 15) is 4.79 Å². The van der Waals surface area contributed by atoms with E-state index in [0.29, 0.717) is 12.4 Å². The minimum Gasteiger partial charge on any atom is -0.369 e. The summed E-state index contributed by atoms with van der Waals surface area (Å²) >= 11 is 5.70. The van der Waals surface area contributed by atoms with Crippen molar-refractivity contribution < 1.29 is 4.79 Å². The molecule has 0 radical (unpaired) electrons. The van der Waals surface area contributed by atoms with Crippen molar-refractivity contribution in [3.8, 4) is 0 Å². The first-order valence-electron chi connectivity index (χ1n) is 4.65. The zero-order valence-corrected chi connectivity index (χ0v) is 9.88. The number of rotatable bonds is 4. The van der Waals surface area contributed by atoms with Crippen LogP contribution in [0.4, 0.5) is 11.8 Å². The Morgan fingerprint density at radius 1 is 1.56 bits per heavy atom. The standard InChI is InChI=1S/C9H14ClN5O/c1-9(2,7(11)16)4-13-6-3-5(10)14-8(12)15-6/h3H,4H2,1-2H3,(H2,11,16)(H3,12,13,14,15). The molecule has 0 saturated carbocycles. The predicted molar refractivity (Wildman–Crippen MR) is 62.9 cm³/mol. The molecule has 5 N–H and O–H groups in total. The van der Waals surface area contributed by atoms with E-state index in [-0.39, 0.29) is 11.1 Å². The van der Waals surface area contributed by atoms with Crippen molar-refractivity contribution in [1.82, 2.24) is 9.97 Å². The molecule has 1 amide bonds. The number of nitrogen functional groups attached to an aromatic ring is 1. The molecule has 1 aromatic rings. The van der Waals surface area contributed by atoms with Crippen LogP contribution < -0.4 is 16.8 Å². The van der Waals surface area contributed by atoms with Crippen molar-refractivity contribution in [2.45, 2.75) is 13.8 Å². The van der Waals surface area contributed by atoms with E-state index >= 15 is 0 Å². The second-order valence-corrected chi connectivity index (χ2v) is 4.42. The first kappa shape index (κ1) is 12.5. The summed E-state index contributed by atoms with van der Waals surface area (Å²) in [5.41, 5.74) is 9.98. The first-order chi connectivity index (χ1) is 7.31. The Morgan fingerprint density at radius 2 is 2.19 bits per heavy atom. The molecule has 0 fully saturated rings. The van der Waals surface area contributed by atoms with E-state index in [2.05, 4.69) is 15.3 Å². The monoisotopic (exact) mass is 243 g/mol. The number of hydrogen-bond donors (Lipinski definition) is 3. The number of aromatic nitrogens is 2. The summed E-state index contributed by atoms with van der Waals surface area (Å²) in [4.78, 5) is 18.7. The van der Waals surface area contributed by atoms with Gasteiger partial charge in [0.05, 0.1) is 5.41 Å². The highest BCUT2D eigenvalue weighted by atomic mass is 35.5. The summed E-state index contributed by atoms with van der Waals surface area (Å²) < 4.78 is 0. The number of primary amides is 1. The number of carbonyl (C=O) groups excluding carboxylic acids is 1. The van der Waals surface area contributed by atoms with Crippen LogP contribution in [0.15, 0.2) is 6.07 Å². The van der Waals surface area contributed by atoms with Crippen molar-refractivity contribution in [2.24, 2.45) is 11.1 Å². The normalized spacial score (nSPS) is 11.2. The lowest BCUT2D eigenvalue weighted by Gasteiger charge is -2.21. The molecule has 0 aliphatic heterocycles. The van der Waals surface area contributed by atoms with Gasteiger partial charge in [0.2, 0.25) is 11.9 Å². The number of carbonyl (C=O) groups is 1. The molecule has 0 bridgehead atoms. The molecule has 0 aliphatic carbocycles. The van der Waals surface area contributed by atoms with E-state index in [0.717, 1.165) is 0 Å². The third kappa shape index (κ3) is 3.23. The van der Waals surface area contributed by atoms with Gasteiger partial charge in [-0.3, -0.25) is 4.79 Å². The molecule has 0 aliphatic rings. The Kier molecular flexibility index (Phi) is 3.54. The zero-order chi connectivity index (χ0) is 12.3. The number of halogens is 1. The molecule has 6 nitrogen and oxygen atoms in total. The molecule has 0 unspecified atom stereocenters. The number of hydrogen-bond acceptors (Lipinski definition) is 5. The molecule has 16 heavy (non-hydrogen) atoms. The fourth-order valence-corrected chi connectivity index (χ4v) is 1.11. The van der Waals surface area contributed by atoms with Gasteiger partial charge in [-0.15, -0.1) is 0 Å². The van der Waals surface area contributed by atoms with Gasteiger partial charge >= 0.3 is 0 Å². The smallest absolute Gasteiger partial charge is 0.224 e. The summed E-state index contributed by atoms with van der Waals surface area (Å²) in [7, 11) is 0. The molecule has 7 heteroatoms. The van der Waals surface area contributed by atoms with Crippen LogP contribution in [0.2, 0.25) is 5.15 Å². The van der Waals surface area contributed by atoms with E-state index in [1.54, 1.807) is 13.8 Å². The van der Waals surface area contributed by atoms with Crippen LogP contribution >= 0.6 is 11.6 Å². The maximum Gasteiger partial charge on any atom is 0.224 e. The number of amides is 1. The molecule has 0 saturated heterocycles. The van der Waals surface area contributed by atoms with Crippen molar-refractivity contribution in [3.63, 3.8) is 0 Å². The van der Waals surface area contributed by atoms with Gasteiger partial charge in [-0.05, 0) is 13.8 Å². The number of nitrogens with zero attached hydrogens (tertiary/aromatic N) is 2. The van der Waals surface area contributed by atoms with Gasteiger partial charge in [-0.25, -0.2) is 4.98 Å². The van der Waals surface area contributed by atoms with Gasteiger partial charge in [0.25, 0.3) is 0 Å². The van der Waals surface area contributed by atoms with Crippen molar-refractivity contribution in [1.29, 1.82) is 0 Å². The van der Waals surface area contributed by atoms with E-state index in [1.165, 1.54) is 6.07 Å². The van der Waals surface area contributed by atoms with Gasteiger partial charge in [-0.2, -0.15) is 4.98 Å². The van der Waals surface area contributed by atoms with Crippen molar-refractivity contribution >= 4 is 29.3 Å². The number of nitrogens with one attached hydrogen (secondary N) is 1. The lowest BCUT2D eigenvalue weighted by molar-refractivity contribution is -0.125. The summed E-state index contributed by atoms with van der Waals surface area (Å²) in [6.45, 7) is 3.80. The Balaban J connectivity index is 2.71. The molecule has 1 rings (SSSR count). The van der Waals surface area contributed by atoms with Crippen LogP contribution in [0.25, 0.3) is 0 Å². The lowest BCUT2D eigenvalue weighted by Crippen LogP contribution is -2.37. The van der Waals surface area contributed by atoms with Gasteiger partial charge < -0.3 is 16.8 Å². The minimum atomic E-state index is -0.674. The average Bonchev–Trinajstić information content (AvgIpc) is 2.13. The van der Waals surface area contributed by atoms with Crippen molar-refractivity contribution in [2.75, 3.05) is 17.6 Å². The van der Waals surface area contributed by atoms with Gasteiger partial charge in [0, 0.05) is 12.6 Å². The fourth-order valence-electron chi connectivity index (χ4n) is 0.924. The Hall–Kier alpha value is -1.56. The third-order valence-corrected chi connectivity index (χ3v) is 2.28. The van der Waals surface area contributed by atoms with Crippen LogP contribution in [-0.2, 0) is 4.79 Å². The highest BCUT2D eigenvalue weighted by Gasteiger charge is 2.24. The molecule has 0 aromatic carbocycles. The fraction of sp³-hybridized carbons (Fsp3) is 0.444. The first-order valence-corrected chi connectivity index (χ1v) is 5.03. The number of nitrogens with two attached hydrogens (primary N) is 2. The SMILES string of the molecule is CC(C)(CNc1cc(Cl)nc(N)n1)C(N)=O. The molecule has 0 atom stereocenters. The second kappa shape index (κ2) is 4.52. The van der Waals surface area contributed by atoms with Gasteiger partial charge in [-0.1, -0.05) is 11.6 Å². The maximum atomic E-state index is 11.1. The summed E-state index contributed by atoms with van der Waals surface area (Å²) in [6.07, 6.45) is 0. The highest BCUT2D eigenvalue weighted by Crippen LogP contribution is 2.17.